The minimum absolute atomic E-state index is 0. The Balaban J connectivity index is 0.00000220. The second-order valence-corrected chi connectivity index (χ2v) is 6.07. The van der Waals surface area contributed by atoms with Gasteiger partial charge in [0.25, 0.3) is 0 Å². The maximum absolute atomic E-state index is 4.72. The Hall–Kier alpha value is -0.560. The van der Waals surface area contributed by atoms with Gasteiger partial charge in [-0.2, -0.15) is 0 Å². The van der Waals surface area contributed by atoms with Crippen molar-refractivity contribution in [3.05, 3.63) is 47.0 Å². The highest BCUT2D eigenvalue weighted by Gasteiger charge is 2.44. The number of rotatable bonds is 6. The zero-order valence-corrected chi connectivity index (χ0v) is 16.3. The number of nitrogens with zero attached hydrogens (tertiary/aromatic N) is 1. The van der Waals surface area contributed by atoms with Crippen LogP contribution in [-0.2, 0) is 5.41 Å². The van der Waals surface area contributed by atoms with Crippen molar-refractivity contribution in [2.75, 3.05) is 19.6 Å². The van der Waals surface area contributed by atoms with Gasteiger partial charge in [0, 0.05) is 23.0 Å². The quantitative estimate of drug-likeness (QED) is 0.291. The normalized spacial score (nSPS) is 15.8. The SMILES string of the molecule is C=CCNC(=NCC1(c2cccc(Br)c2)CC1)NCC.I. The molecule has 0 atom stereocenters. The molecule has 1 aliphatic carbocycles. The van der Waals surface area contributed by atoms with Crippen LogP contribution in [0.2, 0.25) is 0 Å². The fourth-order valence-corrected chi connectivity index (χ4v) is 2.65. The van der Waals surface area contributed by atoms with Crippen molar-refractivity contribution < 1.29 is 0 Å². The fraction of sp³-hybridized carbons (Fsp3) is 0.438. The van der Waals surface area contributed by atoms with Crippen LogP contribution in [0.15, 0.2) is 46.4 Å². The summed E-state index contributed by atoms with van der Waals surface area (Å²) < 4.78 is 1.14. The molecule has 1 saturated carbocycles. The Bertz CT molecular complexity index is 498. The van der Waals surface area contributed by atoms with E-state index in [1.807, 2.05) is 6.08 Å². The minimum Gasteiger partial charge on any atom is -0.357 e. The molecule has 1 aromatic rings. The van der Waals surface area contributed by atoms with Gasteiger partial charge < -0.3 is 10.6 Å². The molecule has 0 heterocycles. The van der Waals surface area contributed by atoms with Gasteiger partial charge in [0.1, 0.15) is 0 Å². The van der Waals surface area contributed by atoms with Gasteiger partial charge in [-0.3, -0.25) is 4.99 Å². The Morgan fingerprint density at radius 2 is 2.19 bits per heavy atom. The van der Waals surface area contributed by atoms with Crippen LogP contribution >= 0.6 is 39.9 Å². The molecule has 1 fully saturated rings. The largest absolute Gasteiger partial charge is 0.357 e. The van der Waals surface area contributed by atoms with Crippen molar-refractivity contribution in [2.24, 2.45) is 4.99 Å². The summed E-state index contributed by atoms with van der Waals surface area (Å²) in [6, 6.07) is 8.59. The third-order valence-electron chi connectivity index (χ3n) is 3.59. The monoisotopic (exact) mass is 463 g/mol. The molecule has 2 N–H and O–H groups in total. The highest BCUT2D eigenvalue weighted by molar-refractivity contribution is 14.0. The van der Waals surface area contributed by atoms with E-state index in [9.17, 15) is 0 Å². The summed E-state index contributed by atoms with van der Waals surface area (Å²) >= 11 is 3.55. The molecule has 0 bridgehead atoms. The summed E-state index contributed by atoms with van der Waals surface area (Å²) in [7, 11) is 0. The second-order valence-electron chi connectivity index (χ2n) is 5.16. The van der Waals surface area contributed by atoms with E-state index in [1.165, 1.54) is 18.4 Å². The zero-order chi connectivity index (χ0) is 14.4. The molecular formula is C16H23BrIN3. The Labute approximate surface area is 152 Å². The Morgan fingerprint density at radius 1 is 1.43 bits per heavy atom. The van der Waals surface area contributed by atoms with E-state index >= 15 is 0 Å². The molecule has 0 spiro atoms. The van der Waals surface area contributed by atoms with E-state index < -0.39 is 0 Å². The van der Waals surface area contributed by atoms with Gasteiger partial charge in [0.15, 0.2) is 5.96 Å². The number of hydrogen-bond donors (Lipinski definition) is 2. The molecule has 3 nitrogen and oxygen atoms in total. The van der Waals surface area contributed by atoms with E-state index in [2.05, 4.69) is 64.3 Å². The van der Waals surface area contributed by atoms with Crippen molar-refractivity contribution in [3.63, 3.8) is 0 Å². The first kappa shape index (κ1) is 18.5. The Kier molecular flexibility index (Phi) is 7.73. The lowest BCUT2D eigenvalue weighted by Crippen LogP contribution is -2.38. The van der Waals surface area contributed by atoms with Crippen LogP contribution in [0.3, 0.4) is 0 Å². The molecule has 1 aliphatic rings. The lowest BCUT2D eigenvalue weighted by Gasteiger charge is -2.15. The van der Waals surface area contributed by atoms with Crippen LogP contribution in [0.4, 0.5) is 0 Å². The summed E-state index contributed by atoms with van der Waals surface area (Å²) in [4.78, 5) is 4.72. The maximum Gasteiger partial charge on any atom is 0.191 e. The molecule has 0 aromatic heterocycles. The summed E-state index contributed by atoms with van der Waals surface area (Å²) in [5, 5.41) is 6.51. The van der Waals surface area contributed by atoms with Crippen molar-refractivity contribution in [2.45, 2.75) is 25.2 Å². The van der Waals surface area contributed by atoms with Crippen LogP contribution in [0.5, 0.6) is 0 Å². The van der Waals surface area contributed by atoms with Gasteiger partial charge in [-0.15, -0.1) is 30.6 Å². The molecule has 0 amide bonds. The molecule has 1 aromatic carbocycles. The molecule has 116 valence electrons. The zero-order valence-electron chi connectivity index (χ0n) is 12.4. The van der Waals surface area contributed by atoms with Crippen molar-refractivity contribution in [1.82, 2.24) is 10.6 Å². The predicted octanol–water partition coefficient (Wildman–Crippen LogP) is 3.84. The molecule has 0 unspecified atom stereocenters. The van der Waals surface area contributed by atoms with Crippen molar-refractivity contribution >= 4 is 45.9 Å². The van der Waals surface area contributed by atoms with Gasteiger partial charge in [0.2, 0.25) is 0 Å². The lowest BCUT2D eigenvalue weighted by molar-refractivity contribution is 0.695. The van der Waals surface area contributed by atoms with Gasteiger partial charge in [-0.1, -0.05) is 34.1 Å². The van der Waals surface area contributed by atoms with E-state index in [1.54, 1.807) is 0 Å². The molecule has 5 heteroatoms. The Morgan fingerprint density at radius 3 is 2.76 bits per heavy atom. The number of guanidine groups is 1. The fourth-order valence-electron chi connectivity index (χ4n) is 2.25. The third-order valence-corrected chi connectivity index (χ3v) is 4.08. The van der Waals surface area contributed by atoms with Gasteiger partial charge in [0.05, 0.1) is 6.54 Å². The first-order chi connectivity index (χ1) is 9.70. The lowest BCUT2D eigenvalue weighted by atomic mass is 9.96. The summed E-state index contributed by atoms with van der Waals surface area (Å²) in [5.74, 6) is 0.869. The topological polar surface area (TPSA) is 36.4 Å². The van der Waals surface area contributed by atoms with E-state index in [-0.39, 0.29) is 29.4 Å². The number of halogens is 2. The van der Waals surface area contributed by atoms with E-state index in [0.29, 0.717) is 0 Å². The standard InChI is InChI=1S/C16H22BrN3.HI/c1-3-10-19-15(18-4-2)20-12-16(8-9-16)13-6-5-7-14(17)11-13;/h3,5-7,11H,1,4,8-10,12H2,2H3,(H2,18,19,20);1H. The van der Waals surface area contributed by atoms with Crippen LogP contribution in [0.1, 0.15) is 25.3 Å². The summed E-state index contributed by atoms with van der Waals surface area (Å²) in [5.41, 5.74) is 1.62. The van der Waals surface area contributed by atoms with Crippen molar-refractivity contribution in [1.29, 1.82) is 0 Å². The maximum atomic E-state index is 4.72. The van der Waals surface area contributed by atoms with E-state index in [4.69, 9.17) is 4.99 Å². The molecular weight excluding hydrogens is 441 g/mol. The molecule has 2 rings (SSSR count). The molecule has 0 saturated heterocycles. The van der Waals surface area contributed by atoms with Crippen molar-refractivity contribution in [3.8, 4) is 0 Å². The van der Waals surface area contributed by atoms with Crippen LogP contribution in [-0.4, -0.2) is 25.6 Å². The number of benzene rings is 1. The number of hydrogen-bond acceptors (Lipinski definition) is 1. The average molecular weight is 464 g/mol. The summed E-state index contributed by atoms with van der Waals surface area (Å²) in [6.07, 6.45) is 4.27. The average Bonchev–Trinajstić information content (AvgIpc) is 3.23. The first-order valence-corrected chi connectivity index (χ1v) is 7.88. The minimum atomic E-state index is 0. The van der Waals surface area contributed by atoms with E-state index in [0.717, 1.165) is 30.1 Å². The number of nitrogens with one attached hydrogen (secondary N) is 2. The van der Waals surface area contributed by atoms with Gasteiger partial charge >= 0.3 is 0 Å². The smallest absolute Gasteiger partial charge is 0.191 e. The third kappa shape index (κ3) is 5.29. The summed E-state index contributed by atoms with van der Waals surface area (Å²) in [6.45, 7) is 8.23. The highest BCUT2D eigenvalue weighted by Crippen LogP contribution is 2.48. The predicted molar refractivity (Wildman–Crippen MR) is 105 cm³/mol. The highest BCUT2D eigenvalue weighted by atomic mass is 127. The number of aliphatic imine (C=N–C) groups is 1. The molecule has 0 aliphatic heterocycles. The second kappa shape index (κ2) is 8.78. The van der Waals surface area contributed by atoms with Gasteiger partial charge in [-0.25, -0.2) is 0 Å². The first-order valence-electron chi connectivity index (χ1n) is 7.09. The van der Waals surface area contributed by atoms with Crippen LogP contribution in [0.25, 0.3) is 0 Å². The van der Waals surface area contributed by atoms with Crippen LogP contribution in [0, 0.1) is 0 Å². The molecule has 0 radical (unpaired) electrons. The van der Waals surface area contributed by atoms with Crippen LogP contribution < -0.4 is 10.6 Å². The molecule has 21 heavy (non-hydrogen) atoms. The van der Waals surface area contributed by atoms with Gasteiger partial charge in [-0.05, 0) is 37.5 Å².